The number of aromatic nitrogens is 1. The summed E-state index contributed by atoms with van der Waals surface area (Å²) in [4.78, 5) is 4.21. The van der Waals surface area contributed by atoms with Crippen molar-refractivity contribution in [3.8, 4) is 17.1 Å². The lowest BCUT2D eigenvalue weighted by Crippen LogP contribution is -1.82. The highest BCUT2D eigenvalue weighted by atomic mass is 32.2. The van der Waals surface area contributed by atoms with Gasteiger partial charge in [0.15, 0.2) is 5.76 Å². The van der Waals surface area contributed by atoms with Crippen molar-refractivity contribution in [3.63, 3.8) is 0 Å². The van der Waals surface area contributed by atoms with Gasteiger partial charge < -0.3 is 9.15 Å². The van der Waals surface area contributed by atoms with E-state index in [0.29, 0.717) is 0 Å². The fourth-order valence-corrected chi connectivity index (χ4v) is 1.79. The van der Waals surface area contributed by atoms with Crippen LogP contribution in [0.5, 0.6) is 5.75 Å². The summed E-state index contributed by atoms with van der Waals surface area (Å²) < 4.78 is 10.8. The molecule has 84 valence electrons. The van der Waals surface area contributed by atoms with E-state index in [4.69, 9.17) is 9.15 Å². The van der Waals surface area contributed by atoms with Crippen LogP contribution in [0.25, 0.3) is 11.3 Å². The van der Waals surface area contributed by atoms with Crippen LogP contribution < -0.4 is 4.74 Å². The molecular weight excluding hydrogens is 222 g/mol. The number of rotatable bonds is 4. The summed E-state index contributed by atoms with van der Waals surface area (Å²) in [5.41, 5.74) is 0.985. The lowest BCUT2D eigenvalue weighted by Gasteiger charge is -2.00. The highest BCUT2D eigenvalue weighted by molar-refractivity contribution is 7.97. The molecule has 0 atom stereocenters. The second-order valence-electron chi connectivity index (χ2n) is 3.28. The minimum atomic E-state index is 0.755. The first-order chi connectivity index (χ1) is 7.83. The quantitative estimate of drug-likeness (QED) is 0.815. The van der Waals surface area contributed by atoms with Crippen molar-refractivity contribution in [2.75, 3.05) is 13.4 Å². The van der Waals surface area contributed by atoms with Gasteiger partial charge in [-0.1, -0.05) is 12.1 Å². The molecule has 0 saturated carbocycles. The summed E-state index contributed by atoms with van der Waals surface area (Å²) in [6.45, 7) is 0. The molecule has 0 aliphatic heterocycles. The summed E-state index contributed by atoms with van der Waals surface area (Å²) in [5, 5.41) is 0. The molecule has 2 rings (SSSR count). The molecule has 0 bridgehead atoms. The van der Waals surface area contributed by atoms with Crippen LogP contribution in [0.15, 0.2) is 34.9 Å². The van der Waals surface area contributed by atoms with E-state index in [0.717, 1.165) is 28.7 Å². The fourth-order valence-electron chi connectivity index (χ4n) is 1.41. The zero-order valence-electron chi connectivity index (χ0n) is 9.27. The van der Waals surface area contributed by atoms with Crippen LogP contribution in [0, 0.1) is 0 Å². The Balaban J connectivity index is 2.27. The lowest BCUT2D eigenvalue weighted by atomic mass is 10.2. The van der Waals surface area contributed by atoms with Crippen LogP contribution in [-0.2, 0) is 5.75 Å². The maximum atomic E-state index is 5.62. The molecule has 0 amide bonds. The van der Waals surface area contributed by atoms with Crippen LogP contribution in [0.1, 0.15) is 5.89 Å². The highest BCUT2D eigenvalue weighted by Gasteiger charge is 2.06. The van der Waals surface area contributed by atoms with Crippen LogP contribution in [0.2, 0.25) is 0 Å². The molecule has 1 aromatic heterocycles. The minimum absolute atomic E-state index is 0.755. The number of methoxy groups -OCH3 is 1. The van der Waals surface area contributed by atoms with Crippen LogP contribution in [0.3, 0.4) is 0 Å². The minimum Gasteiger partial charge on any atom is -0.497 e. The molecule has 0 aliphatic carbocycles. The van der Waals surface area contributed by atoms with E-state index < -0.39 is 0 Å². The maximum Gasteiger partial charge on any atom is 0.204 e. The van der Waals surface area contributed by atoms with Gasteiger partial charge in [0, 0.05) is 5.56 Å². The Morgan fingerprint density at radius 1 is 1.44 bits per heavy atom. The molecule has 3 nitrogen and oxygen atoms in total. The zero-order chi connectivity index (χ0) is 11.4. The van der Waals surface area contributed by atoms with E-state index in [2.05, 4.69) is 4.98 Å². The Morgan fingerprint density at radius 2 is 2.31 bits per heavy atom. The third kappa shape index (κ3) is 2.39. The highest BCUT2D eigenvalue weighted by Crippen LogP contribution is 2.25. The first-order valence-electron chi connectivity index (χ1n) is 4.91. The fraction of sp³-hybridized carbons (Fsp3) is 0.250. The van der Waals surface area contributed by atoms with Gasteiger partial charge >= 0.3 is 0 Å². The lowest BCUT2D eigenvalue weighted by molar-refractivity contribution is 0.414. The monoisotopic (exact) mass is 235 g/mol. The molecule has 4 heteroatoms. The van der Waals surface area contributed by atoms with Crippen molar-refractivity contribution in [2.24, 2.45) is 0 Å². The van der Waals surface area contributed by atoms with Gasteiger partial charge in [0.05, 0.1) is 19.1 Å². The third-order valence-corrected chi connectivity index (χ3v) is 2.71. The average Bonchev–Trinajstić information content (AvgIpc) is 2.78. The van der Waals surface area contributed by atoms with Crippen molar-refractivity contribution in [2.45, 2.75) is 5.75 Å². The summed E-state index contributed by atoms with van der Waals surface area (Å²) in [5.74, 6) is 3.15. The van der Waals surface area contributed by atoms with E-state index in [1.54, 1.807) is 25.1 Å². The number of benzene rings is 1. The van der Waals surface area contributed by atoms with Crippen LogP contribution in [-0.4, -0.2) is 18.3 Å². The Kier molecular flexibility index (Phi) is 3.51. The van der Waals surface area contributed by atoms with E-state index in [1.165, 1.54) is 0 Å². The summed E-state index contributed by atoms with van der Waals surface area (Å²) >= 11 is 1.69. The Morgan fingerprint density at radius 3 is 3.06 bits per heavy atom. The van der Waals surface area contributed by atoms with Crippen molar-refractivity contribution >= 4 is 11.8 Å². The van der Waals surface area contributed by atoms with E-state index in [1.807, 2.05) is 30.5 Å². The van der Waals surface area contributed by atoms with Gasteiger partial charge in [0.25, 0.3) is 0 Å². The predicted octanol–water partition coefficient (Wildman–Crippen LogP) is 3.21. The first kappa shape index (κ1) is 11.1. The van der Waals surface area contributed by atoms with Gasteiger partial charge in [-0.3, -0.25) is 0 Å². The SMILES string of the molecule is COc1cccc(-c2cnc(CSC)o2)c1. The molecule has 0 unspecified atom stereocenters. The first-order valence-corrected chi connectivity index (χ1v) is 6.31. The zero-order valence-corrected chi connectivity index (χ0v) is 10.1. The van der Waals surface area contributed by atoms with Crippen LogP contribution in [0.4, 0.5) is 0 Å². The van der Waals surface area contributed by atoms with Gasteiger partial charge in [-0.25, -0.2) is 4.98 Å². The largest absolute Gasteiger partial charge is 0.497 e. The van der Waals surface area contributed by atoms with Gasteiger partial charge in [0.1, 0.15) is 5.75 Å². The van der Waals surface area contributed by atoms with Crippen LogP contribution >= 0.6 is 11.8 Å². The summed E-state index contributed by atoms with van der Waals surface area (Å²) in [6.07, 6.45) is 3.77. The standard InChI is InChI=1S/C12H13NO2S/c1-14-10-5-3-4-9(6-10)11-7-13-12(15-11)8-16-2/h3-7H,8H2,1-2H3. The number of hydrogen-bond donors (Lipinski definition) is 0. The predicted molar refractivity (Wildman–Crippen MR) is 65.7 cm³/mol. The second-order valence-corrected chi connectivity index (χ2v) is 4.15. The van der Waals surface area contributed by atoms with Crippen molar-refractivity contribution in [1.82, 2.24) is 4.98 Å². The number of oxazole rings is 1. The van der Waals surface area contributed by atoms with Gasteiger partial charge in [-0.2, -0.15) is 11.8 Å². The topological polar surface area (TPSA) is 35.3 Å². The molecular formula is C12H13NO2S. The summed E-state index contributed by atoms with van der Waals surface area (Å²) in [7, 11) is 1.65. The molecule has 16 heavy (non-hydrogen) atoms. The number of ether oxygens (including phenoxy) is 1. The van der Waals surface area contributed by atoms with Gasteiger partial charge in [-0.15, -0.1) is 0 Å². The molecule has 0 saturated heterocycles. The second kappa shape index (κ2) is 5.07. The molecule has 0 fully saturated rings. The molecule has 0 spiro atoms. The summed E-state index contributed by atoms with van der Waals surface area (Å²) in [6, 6.07) is 7.75. The number of hydrogen-bond acceptors (Lipinski definition) is 4. The van der Waals surface area contributed by atoms with Crippen molar-refractivity contribution in [1.29, 1.82) is 0 Å². The maximum absolute atomic E-state index is 5.62. The van der Waals surface area contributed by atoms with E-state index in [9.17, 15) is 0 Å². The number of nitrogens with zero attached hydrogens (tertiary/aromatic N) is 1. The van der Waals surface area contributed by atoms with Crippen molar-refractivity contribution in [3.05, 3.63) is 36.4 Å². The Bertz CT molecular complexity index is 468. The smallest absolute Gasteiger partial charge is 0.204 e. The van der Waals surface area contributed by atoms with Gasteiger partial charge in [-0.05, 0) is 18.4 Å². The Labute approximate surface area is 98.8 Å². The number of thioether (sulfide) groups is 1. The Hall–Kier alpha value is -1.42. The normalized spacial score (nSPS) is 10.4. The van der Waals surface area contributed by atoms with Gasteiger partial charge in [0.2, 0.25) is 5.89 Å². The molecule has 0 radical (unpaired) electrons. The molecule has 1 heterocycles. The third-order valence-electron chi connectivity index (χ3n) is 2.18. The van der Waals surface area contributed by atoms with E-state index >= 15 is 0 Å². The van der Waals surface area contributed by atoms with Crippen molar-refractivity contribution < 1.29 is 9.15 Å². The molecule has 2 aromatic rings. The molecule has 0 aliphatic rings. The molecule has 0 N–H and O–H groups in total. The average molecular weight is 235 g/mol. The van der Waals surface area contributed by atoms with E-state index in [-0.39, 0.29) is 0 Å². The molecule has 1 aromatic carbocycles.